The van der Waals surface area contributed by atoms with Crippen LogP contribution in [0.25, 0.3) is 5.65 Å². The zero-order valence-corrected chi connectivity index (χ0v) is 11.4. The van der Waals surface area contributed by atoms with Crippen molar-refractivity contribution in [2.45, 2.75) is 31.5 Å². The van der Waals surface area contributed by atoms with E-state index in [2.05, 4.69) is 34.2 Å². The van der Waals surface area contributed by atoms with E-state index in [1.165, 1.54) is 18.0 Å². The van der Waals surface area contributed by atoms with E-state index in [0.717, 1.165) is 12.7 Å². The highest BCUT2D eigenvalue weighted by atomic mass is 32.2. The predicted molar refractivity (Wildman–Crippen MR) is 71.3 cm³/mol. The molecule has 2 rings (SSSR count). The summed E-state index contributed by atoms with van der Waals surface area (Å²) in [5, 5.41) is 8.03. The van der Waals surface area contributed by atoms with Crippen LogP contribution in [0.1, 0.15) is 30.6 Å². The SMILES string of the molecule is CCC(C)Nc1nc(SC)nc2c(C=O)cnn12. The molecule has 18 heavy (non-hydrogen) atoms. The Balaban J connectivity index is 2.56. The third-order valence-corrected chi connectivity index (χ3v) is 3.22. The topological polar surface area (TPSA) is 72.2 Å². The molecule has 2 heterocycles. The van der Waals surface area contributed by atoms with Gasteiger partial charge in [-0.15, -0.1) is 0 Å². The summed E-state index contributed by atoms with van der Waals surface area (Å²) < 4.78 is 1.57. The van der Waals surface area contributed by atoms with Gasteiger partial charge in [-0.05, 0) is 19.6 Å². The molecule has 6 nitrogen and oxygen atoms in total. The Bertz CT molecular complexity index is 568. The summed E-state index contributed by atoms with van der Waals surface area (Å²) in [5.74, 6) is 0.617. The Morgan fingerprint density at radius 3 is 2.94 bits per heavy atom. The maximum absolute atomic E-state index is 10.9. The summed E-state index contributed by atoms with van der Waals surface area (Å²) in [5.41, 5.74) is 1.01. The number of aromatic nitrogens is 4. The minimum absolute atomic E-state index is 0.279. The van der Waals surface area contributed by atoms with Crippen molar-refractivity contribution in [2.24, 2.45) is 0 Å². The second kappa shape index (κ2) is 5.34. The van der Waals surface area contributed by atoms with Gasteiger partial charge in [-0.2, -0.15) is 14.6 Å². The van der Waals surface area contributed by atoms with Crippen molar-refractivity contribution in [3.63, 3.8) is 0 Å². The van der Waals surface area contributed by atoms with E-state index in [0.29, 0.717) is 22.3 Å². The number of carbonyl (C=O) groups is 1. The first kappa shape index (κ1) is 12.8. The summed E-state index contributed by atoms with van der Waals surface area (Å²) in [7, 11) is 0. The highest BCUT2D eigenvalue weighted by Gasteiger charge is 2.13. The van der Waals surface area contributed by atoms with Crippen LogP contribution in [0, 0.1) is 0 Å². The molecule has 0 aliphatic rings. The molecule has 2 aromatic rings. The molecule has 7 heteroatoms. The van der Waals surface area contributed by atoms with Crippen LogP contribution in [0.15, 0.2) is 11.4 Å². The van der Waals surface area contributed by atoms with Gasteiger partial charge in [0.1, 0.15) is 0 Å². The van der Waals surface area contributed by atoms with E-state index in [-0.39, 0.29) is 6.04 Å². The number of aldehydes is 1. The first-order valence-corrected chi connectivity index (χ1v) is 6.93. The number of carbonyl (C=O) groups excluding carboxylic acids is 1. The summed E-state index contributed by atoms with van der Waals surface area (Å²) in [4.78, 5) is 19.6. The molecule has 0 aromatic carbocycles. The van der Waals surface area contributed by atoms with Crippen LogP contribution >= 0.6 is 11.8 Å². The molecule has 0 fully saturated rings. The molecule has 0 bridgehead atoms. The molecular formula is C11H15N5OS. The van der Waals surface area contributed by atoms with Gasteiger partial charge in [-0.3, -0.25) is 4.79 Å². The van der Waals surface area contributed by atoms with Gasteiger partial charge in [0, 0.05) is 6.04 Å². The minimum atomic E-state index is 0.279. The summed E-state index contributed by atoms with van der Waals surface area (Å²) in [6, 6.07) is 0.279. The number of nitrogens with zero attached hydrogens (tertiary/aromatic N) is 4. The van der Waals surface area contributed by atoms with Crippen LogP contribution in [0.3, 0.4) is 0 Å². The Morgan fingerprint density at radius 1 is 1.56 bits per heavy atom. The van der Waals surface area contributed by atoms with E-state index in [4.69, 9.17) is 0 Å². The number of rotatable bonds is 5. The van der Waals surface area contributed by atoms with Crippen molar-refractivity contribution in [2.75, 3.05) is 11.6 Å². The molecule has 0 saturated heterocycles. The fourth-order valence-electron chi connectivity index (χ4n) is 1.47. The number of hydrogen-bond donors (Lipinski definition) is 1. The smallest absolute Gasteiger partial charge is 0.228 e. The van der Waals surface area contributed by atoms with Crippen LogP contribution in [0.4, 0.5) is 5.95 Å². The highest BCUT2D eigenvalue weighted by molar-refractivity contribution is 7.98. The normalized spacial score (nSPS) is 12.6. The Hall–Kier alpha value is -1.63. The lowest BCUT2D eigenvalue weighted by Crippen LogP contribution is -2.18. The third-order valence-electron chi connectivity index (χ3n) is 2.67. The predicted octanol–water partition coefficient (Wildman–Crippen LogP) is 1.87. The Kier molecular flexibility index (Phi) is 3.81. The van der Waals surface area contributed by atoms with Crippen LogP contribution in [-0.4, -0.2) is 38.2 Å². The average molecular weight is 265 g/mol. The van der Waals surface area contributed by atoms with Gasteiger partial charge < -0.3 is 5.32 Å². The second-order valence-corrected chi connectivity index (χ2v) is 4.71. The number of fused-ring (bicyclic) bond motifs is 1. The molecule has 0 radical (unpaired) electrons. The summed E-state index contributed by atoms with van der Waals surface area (Å²) in [6.45, 7) is 4.16. The van der Waals surface area contributed by atoms with Crippen LogP contribution < -0.4 is 5.32 Å². The number of hydrogen-bond acceptors (Lipinski definition) is 6. The van der Waals surface area contributed by atoms with Gasteiger partial charge in [-0.25, -0.2) is 4.98 Å². The van der Waals surface area contributed by atoms with Crippen molar-refractivity contribution >= 4 is 29.6 Å². The molecule has 0 aliphatic heterocycles. The molecule has 96 valence electrons. The molecular weight excluding hydrogens is 250 g/mol. The molecule has 2 aromatic heterocycles. The third kappa shape index (κ3) is 2.31. The standard InChI is InChI=1S/C11H15N5OS/c1-4-7(2)13-10-15-11(18-3)14-9-8(6-17)5-12-16(9)10/h5-7H,4H2,1-3H3,(H,13,14,15). The lowest BCUT2D eigenvalue weighted by Gasteiger charge is -2.13. The Morgan fingerprint density at radius 2 is 2.33 bits per heavy atom. The van der Waals surface area contributed by atoms with Gasteiger partial charge in [-0.1, -0.05) is 18.7 Å². The molecule has 1 unspecified atom stereocenters. The molecule has 1 atom stereocenters. The first-order valence-electron chi connectivity index (χ1n) is 5.71. The van der Waals surface area contributed by atoms with E-state index < -0.39 is 0 Å². The van der Waals surface area contributed by atoms with E-state index in [9.17, 15) is 4.79 Å². The second-order valence-electron chi connectivity index (χ2n) is 3.94. The van der Waals surface area contributed by atoms with Crippen molar-refractivity contribution in [1.82, 2.24) is 19.6 Å². The summed E-state index contributed by atoms with van der Waals surface area (Å²) >= 11 is 1.44. The van der Waals surface area contributed by atoms with Crippen molar-refractivity contribution in [3.05, 3.63) is 11.8 Å². The largest absolute Gasteiger partial charge is 0.352 e. The van der Waals surface area contributed by atoms with Crippen molar-refractivity contribution < 1.29 is 4.79 Å². The van der Waals surface area contributed by atoms with Crippen molar-refractivity contribution in [3.8, 4) is 0 Å². The highest BCUT2D eigenvalue weighted by Crippen LogP contribution is 2.17. The summed E-state index contributed by atoms with van der Waals surface area (Å²) in [6.07, 6.45) is 5.13. The van der Waals surface area contributed by atoms with E-state index >= 15 is 0 Å². The first-order chi connectivity index (χ1) is 8.69. The maximum atomic E-state index is 10.9. The zero-order chi connectivity index (χ0) is 13.1. The van der Waals surface area contributed by atoms with Gasteiger partial charge in [0.05, 0.1) is 11.8 Å². The quantitative estimate of drug-likeness (QED) is 0.657. The lowest BCUT2D eigenvalue weighted by molar-refractivity contribution is 0.112. The van der Waals surface area contributed by atoms with Crippen LogP contribution in [0.5, 0.6) is 0 Å². The van der Waals surface area contributed by atoms with E-state index in [1.807, 2.05) is 6.26 Å². The Labute approximate surface area is 109 Å². The number of nitrogens with one attached hydrogen (secondary N) is 1. The molecule has 1 N–H and O–H groups in total. The fourth-order valence-corrected chi connectivity index (χ4v) is 1.82. The number of anilines is 1. The monoisotopic (exact) mass is 265 g/mol. The molecule has 0 amide bonds. The van der Waals surface area contributed by atoms with E-state index in [1.54, 1.807) is 4.52 Å². The average Bonchev–Trinajstić information content (AvgIpc) is 2.81. The molecule has 0 spiro atoms. The minimum Gasteiger partial charge on any atom is -0.352 e. The van der Waals surface area contributed by atoms with Crippen molar-refractivity contribution in [1.29, 1.82) is 0 Å². The molecule has 0 aliphatic carbocycles. The zero-order valence-electron chi connectivity index (χ0n) is 10.5. The van der Waals surface area contributed by atoms with Gasteiger partial charge in [0.15, 0.2) is 17.1 Å². The van der Waals surface area contributed by atoms with Crippen LogP contribution in [0.2, 0.25) is 0 Å². The fraction of sp³-hybridized carbons (Fsp3) is 0.455. The molecule has 0 saturated carbocycles. The van der Waals surface area contributed by atoms with Gasteiger partial charge in [0.25, 0.3) is 0 Å². The number of thioether (sulfide) groups is 1. The lowest BCUT2D eigenvalue weighted by atomic mass is 10.3. The maximum Gasteiger partial charge on any atom is 0.228 e. The van der Waals surface area contributed by atoms with Gasteiger partial charge >= 0.3 is 0 Å². The van der Waals surface area contributed by atoms with Crippen LogP contribution in [-0.2, 0) is 0 Å². The van der Waals surface area contributed by atoms with Gasteiger partial charge in [0.2, 0.25) is 5.95 Å².